The monoisotopic (exact) mass is 785 g/mol. The summed E-state index contributed by atoms with van der Waals surface area (Å²) in [7, 11) is 0. The van der Waals surface area contributed by atoms with Crippen molar-refractivity contribution in [2.45, 2.75) is 90.9 Å². The highest BCUT2D eigenvalue weighted by molar-refractivity contribution is 7.26. The summed E-state index contributed by atoms with van der Waals surface area (Å²) in [4.78, 5) is 2.49. The molecule has 0 N–H and O–H groups in total. The molecule has 59 heavy (non-hydrogen) atoms. The molecule has 2 nitrogen and oxygen atoms in total. The summed E-state index contributed by atoms with van der Waals surface area (Å²) in [6.45, 7) is 23.7. The maximum absolute atomic E-state index is 6.52. The lowest BCUT2D eigenvalue weighted by atomic mass is 9.79. The minimum atomic E-state index is -0.209. The predicted octanol–water partition coefficient (Wildman–Crippen LogP) is 16.6. The van der Waals surface area contributed by atoms with Gasteiger partial charge in [0, 0.05) is 47.8 Å². The molecule has 7 aromatic carbocycles. The average Bonchev–Trinajstić information content (AvgIpc) is 3.90. The molecule has 2 aliphatic carbocycles. The Balaban J connectivity index is 1.17. The molecule has 0 amide bonds. The first-order chi connectivity index (χ1) is 28.0. The number of furan rings is 1. The molecule has 9 aromatic rings. The van der Waals surface area contributed by atoms with Gasteiger partial charge in [-0.15, -0.1) is 11.3 Å². The number of rotatable bonds is 3. The first-order valence-electron chi connectivity index (χ1n) is 21.2. The van der Waals surface area contributed by atoms with Crippen LogP contribution in [0.25, 0.3) is 64.4 Å². The van der Waals surface area contributed by atoms with E-state index in [1.54, 1.807) is 0 Å². The molecule has 2 heterocycles. The van der Waals surface area contributed by atoms with E-state index in [1.165, 1.54) is 75.8 Å². The van der Waals surface area contributed by atoms with Gasteiger partial charge in [0.05, 0.1) is 11.1 Å². The summed E-state index contributed by atoms with van der Waals surface area (Å²) in [6, 6.07) is 48.1. The summed E-state index contributed by atoms with van der Waals surface area (Å²) in [5.41, 5.74) is 18.7. The summed E-state index contributed by atoms with van der Waals surface area (Å²) in [5.74, 6) is 0. The minimum absolute atomic E-state index is 0.0256. The van der Waals surface area contributed by atoms with E-state index < -0.39 is 0 Å². The summed E-state index contributed by atoms with van der Waals surface area (Å²) < 4.78 is 9.30. The van der Waals surface area contributed by atoms with Crippen molar-refractivity contribution in [3.05, 3.63) is 161 Å². The fourth-order valence-electron chi connectivity index (χ4n) is 10.5. The zero-order valence-corrected chi connectivity index (χ0v) is 36.7. The second kappa shape index (κ2) is 12.0. The van der Waals surface area contributed by atoms with Gasteiger partial charge < -0.3 is 9.32 Å². The van der Waals surface area contributed by atoms with E-state index in [2.05, 4.69) is 202 Å². The molecule has 0 unspecified atom stereocenters. The van der Waals surface area contributed by atoms with E-state index in [1.807, 2.05) is 11.3 Å². The number of nitrogens with zero attached hydrogens (tertiary/aromatic N) is 1. The first-order valence-corrected chi connectivity index (χ1v) is 22.0. The molecule has 0 aliphatic heterocycles. The molecule has 0 spiro atoms. The molecule has 11 rings (SSSR count). The zero-order chi connectivity index (χ0) is 41.0. The van der Waals surface area contributed by atoms with Crippen molar-refractivity contribution in [1.29, 1.82) is 0 Å². The number of hydrogen-bond acceptors (Lipinski definition) is 3. The Morgan fingerprint density at radius 3 is 1.90 bits per heavy atom. The van der Waals surface area contributed by atoms with Crippen LogP contribution in [0.1, 0.15) is 103 Å². The van der Waals surface area contributed by atoms with Crippen LogP contribution in [0.15, 0.2) is 132 Å². The lowest BCUT2D eigenvalue weighted by Crippen LogP contribution is -2.18. The van der Waals surface area contributed by atoms with Gasteiger partial charge in [0.1, 0.15) is 11.2 Å². The number of fused-ring (bicyclic) bond motifs is 13. The highest BCUT2D eigenvalue weighted by Gasteiger charge is 2.40. The Bertz CT molecular complexity index is 3240. The van der Waals surface area contributed by atoms with Gasteiger partial charge in [-0.05, 0) is 121 Å². The van der Waals surface area contributed by atoms with E-state index in [0.717, 1.165) is 39.0 Å². The maximum atomic E-state index is 6.52. The lowest BCUT2D eigenvalue weighted by Gasteiger charge is -2.30. The molecular weight excluding hydrogens is 735 g/mol. The highest BCUT2D eigenvalue weighted by Crippen LogP contribution is 2.57. The van der Waals surface area contributed by atoms with Gasteiger partial charge in [0.25, 0.3) is 0 Å². The Morgan fingerprint density at radius 1 is 0.508 bits per heavy atom. The molecule has 3 heteroatoms. The van der Waals surface area contributed by atoms with Crippen LogP contribution in [0.2, 0.25) is 0 Å². The molecular formula is C56H51NOS. The maximum Gasteiger partial charge on any atom is 0.137 e. The number of thiophene rings is 1. The minimum Gasteiger partial charge on any atom is -0.456 e. The predicted molar refractivity (Wildman–Crippen MR) is 254 cm³/mol. The summed E-state index contributed by atoms with van der Waals surface area (Å²) in [5, 5.41) is 5.06. The van der Waals surface area contributed by atoms with Gasteiger partial charge in [-0.3, -0.25) is 0 Å². The Labute approximate surface area is 352 Å². The second-order valence-corrected chi connectivity index (χ2v) is 21.3. The molecule has 0 bridgehead atoms. The van der Waals surface area contributed by atoms with Gasteiger partial charge in [0.2, 0.25) is 0 Å². The van der Waals surface area contributed by atoms with Gasteiger partial charge in [-0.25, -0.2) is 0 Å². The van der Waals surface area contributed by atoms with Crippen LogP contribution in [0, 0.1) is 0 Å². The molecule has 0 atom stereocenters. The van der Waals surface area contributed by atoms with E-state index in [4.69, 9.17) is 4.42 Å². The quantitative estimate of drug-likeness (QED) is 0.177. The van der Waals surface area contributed by atoms with Crippen molar-refractivity contribution in [3.8, 4) is 22.3 Å². The van der Waals surface area contributed by atoms with Crippen LogP contribution in [-0.2, 0) is 21.7 Å². The van der Waals surface area contributed by atoms with E-state index >= 15 is 0 Å². The van der Waals surface area contributed by atoms with Crippen LogP contribution in [0.3, 0.4) is 0 Å². The third-order valence-corrected chi connectivity index (χ3v) is 14.9. The molecule has 0 saturated heterocycles. The van der Waals surface area contributed by atoms with E-state index in [-0.39, 0.29) is 21.7 Å². The fraction of sp³-hybridized carbons (Fsp3) is 0.250. The van der Waals surface area contributed by atoms with Gasteiger partial charge >= 0.3 is 0 Å². The molecule has 0 radical (unpaired) electrons. The summed E-state index contributed by atoms with van der Waals surface area (Å²) >= 11 is 1.97. The Hall–Kier alpha value is -5.64. The van der Waals surface area contributed by atoms with Gasteiger partial charge in [-0.2, -0.15) is 0 Å². The number of benzene rings is 7. The topological polar surface area (TPSA) is 16.4 Å². The highest BCUT2D eigenvalue weighted by atomic mass is 32.1. The van der Waals surface area contributed by atoms with Crippen molar-refractivity contribution in [2.75, 3.05) is 4.90 Å². The van der Waals surface area contributed by atoms with E-state index in [9.17, 15) is 0 Å². The van der Waals surface area contributed by atoms with Gasteiger partial charge in [-0.1, -0.05) is 142 Å². The van der Waals surface area contributed by atoms with Crippen LogP contribution < -0.4 is 4.90 Å². The molecule has 0 fully saturated rings. The van der Waals surface area contributed by atoms with Crippen molar-refractivity contribution in [2.24, 2.45) is 0 Å². The largest absolute Gasteiger partial charge is 0.456 e. The molecule has 0 saturated carbocycles. The van der Waals surface area contributed by atoms with E-state index in [0.29, 0.717) is 0 Å². The third-order valence-electron chi connectivity index (χ3n) is 13.7. The van der Waals surface area contributed by atoms with Crippen molar-refractivity contribution < 1.29 is 4.42 Å². The Kier molecular flexibility index (Phi) is 7.40. The van der Waals surface area contributed by atoms with Crippen LogP contribution in [-0.4, -0.2) is 0 Å². The molecule has 2 aromatic heterocycles. The number of anilines is 3. The zero-order valence-electron chi connectivity index (χ0n) is 35.9. The normalized spacial score (nSPS) is 15.2. The van der Waals surface area contributed by atoms with Crippen LogP contribution in [0.5, 0.6) is 0 Å². The fourth-order valence-corrected chi connectivity index (χ4v) is 11.9. The van der Waals surface area contributed by atoms with Crippen molar-refractivity contribution in [3.63, 3.8) is 0 Å². The third kappa shape index (κ3) is 5.10. The number of para-hydroxylation sites is 1. The van der Waals surface area contributed by atoms with Crippen molar-refractivity contribution in [1.82, 2.24) is 0 Å². The number of hydrogen-bond donors (Lipinski definition) is 0. The Morgan fingerprint density at radius 2 is 1.15 bits per heavy atom. The first kappa shape index (κ1) is 36.4. The average molecular weight is 786 g/mol. The second-order valence-electron chi connectivity index (χ2n) is 20.2. The SMILES string of the molecule is CC(C)(C)c1cc(C(C)(C)C)c2sc3ccc4c(c3c2c1)-c1ccc(N(c2ccc3c(c2)C(C)(C)c2ccccc2-3)c2cccc3oc5ccccc5c23)cc1C4(C)C. The van der Waals surface area contributed by atoms with Gasteiger partial charge in [0.15, 0.2) is 0 Å². The van der Waals surface area contributed by atoms with Crippen LogP contribution >= 0.6 is 11.3 Å². The van der Waals surface area contributed by atoms with Crippen molar-refractivity contribution >= 4 is 70.5 Å². The summed E-state index contributed by atoms with van der Waals surface area (Å²) in [6.07, 6.45) is 0. The standard InChI is InChI=1S/C56H51NOS/c1-53(2,3)32-28-39-51-48(59-52(39)44(29-32)54(4,5)6)27-26-41-49(51)37-25-23-34(31-43(37)56(41,9)10)57(45-19-15-21-47-50(45)38-17-12-14-20-46(38)58-47)33-22-24-36-35-16-11-13-18-40(35)55(7,8)42(36)30-33/h11-31H,1-10H3. The van der Waals surface area contributed by atoms with Crippen LogP contribution in [0.4, 0.5) is 17.1 Å². The molecule has 2 aliphatic rings. The smallest absolute Gasteiger partial charge is 0.137 e. The lowest BCUT2D eigenvalue weighted by molar-refractivity contribution is 0.573. The molecule has 292 valence electrons.